The zero-order chi connectivity index (χ0) is 16.1. The van der Waals surface area contributed by atoms with E-state index in [0.29, 0.717) is 5.41 Å². The Morgan fingerprint density at radius 1 is 1.19 bits per heavy atom. The molecule has 0 aromatic rings. The van der Waals surface area contributed by atoms with Gasteiger partial charge in [0.25, 0.3) is 0 Å². The maximum Gasteiger partial charge on any atom is 0.0936 e. The van der Waals surface area contributed by atoms with Gasteiger partial charge in [-0.15, -0.1) is 0 Å². The molecule has 4 heteroatoms. The highest BCUT2D eigenvalue weighted by molar-refractivity contribution is 4.88. The zero-order valence-electron chi connectivity index (χ0n) is 14.9. The first-order chi connectivity index (χ1) is 9.73. The second kappa shape index (κ2) is 7.91. The van der Waals surface area contributed by atoms with E-state index in [-0.39, 0.29) is 24.4 Å². The van der Waals surface area contributed by atoms with Crippen molar-refractivity contribution in [3.63, 3.8) is 0 Å². The number of nitrogens with zero attached hydrogens (tertiary/aromatic N) is 1. The van der Waals surface area contributed by atoms with Crippen molar-refractivity contribution in [3.05, 3.63) is 0 Å². The van der Waals surface area contributed by atoms with E-state index in [1.54, 1.807) is 0 Å². The van der Waals surface area contributed by atoms with E-state index in [4.69, 9.17) is 4.74 Å². The fourth-order valence-corrected chi connectivity index (χ4v) is 3.08. The molecule has 1 rings (SSSR count). The molecule has 0 radical (unpaired) electrons. The summed E-state index contributed by atoms with van der Waals surface area (Å²) >= 11 is 0. The summed E-state index contributed by atoms with van der Waals surface area (Å²) in [5.41, 5.74) is 0.450. The van der Waals surface area contributed by atoms with Crippen molar-refractivity contribution >= 4 is 0 Å². The van der Waals surface area contributed by atoms with Crippen LogP contribution in [0.4, 0.5) is 0 Å². The third-order valence-electron chi connectivity index (χ3n) is 4.66. The highest BCUT2D eigenvalue weighted by atomic mass is 16.5. The number of hydrogen-bond acceptors (Lipinski definition) is 4. The van der Waals surface area contributed by atoms with Gasteiger partial charge in [0.15, 0.2) is 0 Å². The topological polar surface area (TPSA) is 44.7 Å². The van der Waals surface area contributed by atoms with Crippen molar-refractivity contribution in [2.75, 3.05) is 32.8 Å². The first-order valence-electron chi connectivity index (χ1n) is 8.47. The highest BCUT2D eigenvalue weighted by Gasteiger charge is 2.33. The minimum absolute atomic E-state index is 0.0317. The minimum Gasteiger partial charge on any atom is -0.394 e. The smallest absolute Gasteiger partial charge is 0.0936 e. The normalized spacial score (nSPS) is 25.3. The van der Waals surface area contributed by atoms with Crippen molar-refractivity contribution in [1.82, 2.24) is 10.2 Å². The molecule has 2 atom stereocenters. The lowest BCUT2D eigenvalue weighted by Gasteiger charge is -2.43. The maximum atomic E-state index is 9.39. The molecule has 2 N–H and O–H groups in total. The van der Waals surface area contributed by atoms with Crippen LogP contribution in [0.3, 0.4) is 0 Å². The Morgan fingerprint density at radius 3 is 2.29 bits per heavy atom. The molecule has 0 aliphatic carbocycles. The van der Waals surface area contributed by atoms with E-state index in [1.165, 1.54) is 12.8 Å². The van der Waals surface area contributed by atoms with Crippen LogP contribution in [0.5, 0.6) is 0 Å². The quantitative estimate of drug-likeness (QED) is 0.757. The van der Waals surface area contributed by atoms with Crippen molar-refractivity contribution in [2.45, 2.75) is 72.1 Å². The molecular formula is C17H36N2O2. The fraction of sp³-hybridized carbons (Fsp3) is 1.00. The monoisotopic (exact) mass is 300 g/mol. The van der Waals surface area contributed by atoms with Crippen LogP contribution < -0.4 is 5.32 Å². The van der Waals surface area contributed by atoms with Crippen molar-refractivity contribution in [3.8, 4) is 0 Å². The molecule has 21 heavy (non-hydrogen) atoms. The van der Waals surface area contributed by atoms with E-state index in [0.717, 1.165) is 26.2 Å². The Labute approximate surface area is 131 Å². The summed E-state index contributed by atoms with van der Waals surface area (Å²) in [6.45, 7) is 17.4. The summed E-state index contributed by atoms with van der Waals surface area (Å²) in [7, 11) is 0. The molecule has 0 bridgehead atoms. The van der Waals surface area contributed by atoms with Gasteiger partial charge in [0.2, 0.25) is 0 Å². The molecule has 0 aromatic heterocycles. The van der Waals surface area contributed by atoms with Gasteiger partial charge in [-0.2, -0.15) is 0 Å². The van der Waals surface area contributed by atoms with Gasteiger partial charge in [0.05, 0.1) is 18.8 Å². The van der Waals surface area contributed by atoms with Crippen LogP contribution in [0, 0.1) is 5.41 Å². The van der Waals surface area contributed by atoms with E-state index in [2.05, 4.69) is 51.8 Å². The minimum atomic E-state index is -0.0317. The van der Waals surface area contributed by atoms with Crippen molar-refractivity contribution < 1.29 is 9.84 Å². The predicted octanol–water partition coefficient (Wildman–Crippen LogP) is 2.26. The number of rotatable bonds is 7. The summed E-state index contributed by atoms with van der Waals surface area (Å²) < 4.78 is 5.75. The van der Waals surface area contributed by atoms with E-state index in [9.17, 15) is 5.11 Å². The summed E-state index contributed by atoms with van der Waals surface area (Å²) in [6, 6.07) is 0. The SMILES string of the molecule is CCC(CC)(CNC(C)(C)C)CN1CC(C)OC(CO)C1. The fourth-order valence-electron chi connectivity index (χ4n) is 3.08. The molecule has 0 aromatic carbocycles. The predicted molar refractivity (Wildman–Crippen MR) is 88.6 cm³/mol. The molecule has 0 spiro atoms. The molecular weight excluding hydrogens is 264 g/mol. The largest absolute Gasteiger partial charge is 0.394 e. The molecule has 1 heterocycles. The van der Waals surface area contributed by atoms with Gasteiger partial charge in [-0.05, 0) is 46.0 Å². The van der Waals surface area contributed by atoms with Crippen LogP contribution in [0.2, 0.25) is 0 Å². The van der Waals surface area contributed by atoms with Gasteiger partial charge in [0, 0.05) is 31.7 Å². The van der Waals surface area contributed by atoms with E-state index >= 15 is 0 Å². The molecule has 4 nitrogen and oxygen atoms in total. The third-order valence-corrected chi connectivity index (χ3v) is 4.66. The first-order valence-corrected chi connectivity index (χ1v) is 8.47. The van der Waals surface area contributed by atoms with Gasteiger partial charge < -0.3 is 15.2 Å². The van der Waals surface area contributed by atoms with Crippen LogP contribution in [-0.4, -0.2) is 60.5 Å². The number of morpholine rings is 1. The van der Waals surface area contributed by atoms with E-state index in [1.807, 2.05) is 0 Å². The molecule has 126 valence electrons. The number of aliphatic hydroxyl groups excluding tert-OH is 1. The number of hydrogen-bond donors (Lipinski definition) is 2. The zero-order valence-corrected chi connectivity index (χ0v) is 14.9. The average Bonchev–Trinajstić information content (AvgIpc) is 2.42. The Hall–Kier alpha value is -0.160. The van der Waals surface area contributed by atoms with Gasteiger partial charge in [0.1, 0.15) is 0 Å². The summed E-state index contributed by atoms with van der Waals surface area (Å²) in [5, 5.41) is 13.1. The second-order valence-electron chi connectivity index (χ2n) is 7.76. The standard InChI is InChI=1S/C17H36N2O2/c1-7-17(8-2,12-18-16(4,5)6)13-19-9-14(3)21-15(10-19)11-20/h14-15,18,20H,7-13H2,1-6H3. The van der Waals surface area contributed by atoms with Crippen LogP contribution >= 0.6 is 0 Å². The molecule has 0 saturated carbocycles. The molecule has 2 unspecified atom stereocenters. The van der Waals surface area contributed by atoms with Crippen molar-refractivity contribution in [2.24, 2.45) is 5.41 Å². The van der Waals surface area contributed by atoms with Crippen LogP contribution in [0.25, 0.3) is 0 Å². The molecule has 1 aliphatic rings. The number of nitrogens with one attached hydrogen (secondary N) is 1. The molecule has 0 amide bonds. The van der Waals surface area contributed by atoms with Gasteiger partial charge in [-0.25, -0.2) is 0 Å². The third kappa shape index (κ3) is 6.23. The first kappa shape index (κ1) is 18.9. The van der Waals surface area contributed by atoms with Crippen LogP contribution in [0.1, 0.15) is 54.4 Å². The van der Waals surface area contributed by atoms with E-state index < -0.39 is 0 Å². The summed E-state index contributed by atoms with van der Waals surface area (Å²) in [6.07, 6.45) is 2.51. The van der Waals surface area contributed by atoms with Gasteiger partial charge in [-0.3, -0.25) is 4.90 Å². The average molecular weight is 300 g/mol. The second-order valence-corrected chi connectivity index (χ2v) is 7.76. The maximum absolute atomic E-state index is 9.39. The Balaban J connectivity index is 2.67. The van der Waals surface area contributed by atoms with Crippen LogP contribution in [0.15, 0.2) is 0 Å². The number of ether oxygens (including phenoxy) is 1. The summed E-state index contributed by atoms with van der Waals surface area (Å²) in [4.78, 5) is 2.48. The van der Waals surface area contributed by atoms with Crippen LogP contribution in [-0.2, 0) is 4.74 Å². The summed E-state index contributed by atoms with van der Waals surface area (Å²) in [5.74, 6) is 0. The van der Waals surface area contributed by atoms with Crippen molar-refractivity contribution in [1.29, 1.82) is 0 Å². The Bertz CT molecular complexity index is 298. The molecule has 1 saturated heterocycles. The Morgan fingerprint density at radius 2 is 1.81 bits per heavy atom. The molecule has 1 fully saturated rings. The highest BCUT2D eigenvalue weighted by Crippen LogP contribution is 2.29. The lowest BCUT2D eigenvalue weighted by molar-refractivity contribution is -0.103. The lowest BCUT2D eigenvalue weighted by atomic mass is 9.80. The van der Waals surface area contributed by atoms with Gasteiger partial charge >= 0.3 is 0 Å². The number of aliphatic hydroxyl groups is 1. The lowest BCUT2D eigenvalue weighted by Crippen LogP contribution is -2.54. The molecule has 1 aliphatic heterocycles. The Kier molecular flexibility index (Phi) is 7.11. The van der Waals surface area contributed by atoms with Gasteiger partial charge in [-0.1, -0.05) is 13.8 Å².